The summed E-state index contributed by atoms with van der Waals surface area (Å²) in [6, 6.07) is 26.4. The van der Waals surface area contributed by atoms with Gasteiger partial charge in [-0.1, -0.05) is 78.3 Å². The predicted molar refractivity (Wildman–Crippen MR) is 141 cm³/mol. The van der Waals surface area contributed by atoms with Crippen LogP contribution in [0.1, 0.15) is 28.3 Å². The Morgan fingerprint density at radius 1 is 0.676 bits per heavy atom. The van der Waals surface area contributed by atoms with Gasteiger partial charge >= 0.3 is 4.33 Å². The van der Waals surface area contributed by atoms with Crippen LogP contribution in [0.2, 0.25) is 5.02 Å². The van der Waals surface area contributed by atoms with Crippen molar-refractivity contribution in [3.8, 4) is 0 Å². The summed E-state index contributed by atoms with van der Waals surface area (Å²) in [5, 5.41) is 0.370. The normalized spacial score (nSPS) is 13.1. The van der Waals surface area contributed by atoms with Gasteiger partial charge in [-0.05, 0) is 54.1 Å². The number of Topliss-reactive ketones (excluding diaryl/α,β-unsaturated/α-hetero) is 1. The minimum Gasteiger partial charge on any atom is -0.294 e. The smallest absolute Gasteiger partial charge is 0.294 e. The number of benzene rings is 4. The average Bonchev–Trinajstić information content (AvgIpc) is 2.92. The topological polar surface area (TPSA) is 85.3 Å². The third kappa shape index (κ3) is 4.97. The van der Waals surface area contributed by atoms with E-state index < -0.39 is 51.9 Å². The zero-order valence-corrected chi connectivity index (χ0v) is 21.8. The molecule has 1 atom stereocenters. The van der Waals surface area contributed by atoms with E-state index in [4.69, 9.17) is 11.6 Å². The maximum atomic E-state index is 17.7. The Morgan fingerprint density at radius 2 is 1.08 bits per heavy atom. The minimum atomic E-state index is -5.22. The number of carbonyl (C=O) groups excluding carboxylic acids is 1. The van der Waals surface area contributed by atoms with E-state index in [0.717, 1.165) is 24.3 Å². The summed E-state index contributed by atoms with van der Waals surface area (Å²) in [5.74, 6) is -2.54. The molecule has 0 aliphatic carbocycles. The van der Waals surface area contributed by atoms with Crippen molar-refractivity contribution in [2.24, 2.45) is 0 Å². The standard InChI is InChI=1S/C28H22ClFO5S2/c29-23-18-16-22(17-19-23)27(31)20-26(21-10-4-1-5-11-21)28(30,36(32,33)24-12-6-2-7-13-24)37(34,35)25-14-8-3-9-15-25/h1-19,26H,20H2/t26-/m0/s1. The van der Waals surface area contributed by atoms with E-state index in [1.807, 2.05) is 0 Å². The van der Waals surface area contributed by atoms with Crippen LogP contribution in [0.4, 0.5) is 4.39 Å². The lowest BCUT2D eigenvalue weighted by Crippen LogP contribution is -2.48. The second-order valence-electron chi connectivity index (χ2n) is 8.31. The molecular formula is C28H22ClFO5S2. The van der Waals surface area contributed by atoms with E-state index >= 15 is 4.39 Å². The van der Waals surface area contributed by atoms with Crippen LogP contribution in [-0.4, -0.2) is 27.0 Å². The van der Waals surface area contributed by atoms with Crippen LogP contribution >= 0.6 is 11.6 Å². The Labute approximate surface area is 220 Å². The van der Waals surface area contributed by atoms with E-state index in [2.05, 4.69) is 0 Å². The second kappa shape index (κ2) is 10.6. The first kappa shape index (κ1) is 26.7. The SMILES string of the molecule is O=C(C[C@@H](c1ccccc1)C(F)(S(=O)(=O)c1ccccc1)S(=O)(=O)c1ccccc1)c1ccc(Cl)cc1. The molecule has 9 heteroatoms. The van der Waals surface area contributed by atoms with E-state index in [1.165, 1.54) is 84.9 Å². The summed E-state index contributed by atoms with van der Waals surface area (Å²) < 4.78 is 69.6. The van der Waals surface area contributed by atoms with Crippen molar-refractivity contribution in [2.75, 3.05) is 0 Å². The molecule has 0 bridgehead atoms. The van der Waals surface area contributed by atoms with Gasteiger partial charge in [0.2, 0.25) is 19.7 Å². The zero-order valence-electron chi connectivity index (χ0n) is 19.4. The fraction of sp³-hybridized carbons (Fsp3) is 0.107. The molecule has 0 aliphatic rings. The first-order valence-corrected chi connectivity index (χ1v) is 14.6. The van der Waals surface area contributed by atoms with Crippen molar-refractivity contribution in [1.82, 2.24) is 0 Å². The molecule has 4 aromatic carbocycles. The molecule has 0 aromatic heterocycles. The maximum absolute atomic E-state index is 17.7. The number of carbonyl (C=O) groups is 1. The van der Waals surface area contributed by atoms with Gasteiger partial charge in [0.15, 0.2) is 5.78 Å². The fourth-order valence-corrected chi connectivity index (χ4v) is 8.82. The molecule has 0 fully saturated rings. The van der Waals surface area contributed by atoms with Gasteiger partial charge in [-0.2, -0.15) is 0 Å². The number of alkyl halides is 1. The van der Waals surface area contributed by atoms with E-state index in [9.17, 15) is 21.6 Å². The van der Waals surface area contributed by atoms with Crippen molar-refractivity contribution < 1.29 is 26.0 Å². The van der Waals surface area contributed by atoms with Crippen LogP contribution in [0.25, 0.3) is 0 Å². The third-order valence-electron chi connectivity index (χ3n) is 6.01. The van der Waals surface area contributed by atoms with Crippen LogP contribution < -0.4 is 0 Å². The van der Waals surface area contributed by atoms with Crippen molar-refractivity contribution in [2.45, 2.75) is 26.5 Å². The number of sulfone groups is 2. The number of ketones is 1. The summed E-state index contributed by atoms with van der Waals surface area (Å²) >= 11 is 5.92. The van der Waals surface area contributed by atoms with Crippen LogP contribution in [0.3, 0.4) is 0 Å². The fourth-order valence-electron chi connectivity index (χ4n) is 4.10. The molecule has 190 valence electrons. The molecule has 0 amide bonds. The van der Waals surface area contributed by atoms with E-state index in [-0.39, 0.29) is 11.1 Å². The van der Waals surface area contributed by atoms with Gasteiger partial charge in [-0.3, -0.25) is 4.79 Å². The summed E-state index contributed by atoms with van der Waals surface area (Å²) in [7, 11) is -10.4. The highest BCUT2D eigenvalue weighted by atomic mass is 35.5. The Balaban J connectivity index is 2.00. The summed E-state index contributed by atoms with van der Waals surface area (Å²) in [6.45, 7) is 0. The Kier molecular flexibility index (Phi) is 7.64. The van der Waals surface area contributed by atoms with E-state index in [1.54, 1.807) is 6.07 Å². The quantitative estimate of drug-likeness (QED) is 0.227. The number of halogens is 2. The van der Waals surface area contributed by atoms with Crippen molar-refractivity contribution in [3.63, 3.8) is 0 Å². The Hall–Kier alpha value is -3.33. The Bertz CT molecular complexity index is 1520. The molecule has 0 N–H and O–H groups in total. The van der Waals surface area contributed by atoms with Crippen LogP contribution in [0, 0.1) is 0 Å². The maximum Gasteiger partial charge on any atom is 0.324 e. The van der Waals surface area contributed by atoms with Gasteiger partial charge in [-0.15, -0.1) is 0 Å². The molecule has 0 unspecified atom stereocenters. The highest BCUT2D eigenvalue weighted by Gasteiger charge is 2.63. The summed E-state index contributed by atoms with van der Waals surface area (Å²) in [4.78, 5) is 12.3. The highest BCUT2D eigenvalue weighted by molar-refractivity contribution is 8.10. The molecule has 37 heavy (non-hydrogen) atoms. The summed E-state index contributed by atoms with van der Waals surface area (Å²) in [5.41, 5.74) is 0.188. The van der Waals surface area contributed by atoms with Crippen molar-refractivity contribution in [3.05, 3.63) is 131 Å². The predicted octanol–water partition coefficient (Wildman–Crippen LogP) is 6.27. The molecule has 4 aromatic rings. The first-order valence-electron chi connectivity index (χ1n) is 11.2. The minimum absolute atomic E-state index is 0.0475. The molecule has 0 radical (unpaired) electrons. The van der Waals surface area contributed by atoms with Crippen LogP contribution in [0.15, 0.2) is 125 Å². The molecule has 0 saturated heterocycles. The molecule has 0 aliphatic heterocycles. The van der Waals surface area contributed by atoms with Crippen molar-refractivity contribution in [1.29, 1.82) is 0 Å². The number of hydrogen-bond donors (Lipinski definition) is 0. The van der Waals surface area contributed by atoms with Crippen LogP contribution in [-0.2, 0) is 19.7 Å². The highest BCUT2D eigenvalue weighted by Crippen LogP contribution is 2.49. The van der Waals surface area contributed by atoms with Gasteiger partial charge in [0, 0.05) is 17.0 Å². The molecule has 0 saturated carbocycles. The van der Waals surface area contributed by atoms with E-state index in [0.29, 0.717) is 5.02 Å². The van der Waals surface area contributed by atoms with Gasteiger partial charge in [-0.25, -0.2) is 21.2 Å². The molecule has 0 spiro atoms. The average molecular weight is 557 g/mol. The lowest BCUT2D eigenvalue weighted by atomic mass is 9.92. The monoisotopic (exact) mass is 556 g/mol. The third-order valence-corrected chi connectivity index (χ3v) is 11.4. The van der Waals surface area contributed by atoms with Gasteiger partial charge in [0.25, 0.3) is 0 Å². The van der Waals surface area contributed by atoms with Gasteiger partial charge in [0.1, 0.15) is 0 Å². The molecule has 0 heterocycles. The van der Waals surface area contributed by atoms with Crippen molar-refractivity contribution >= 4 is 37.1 Å². The lowest BCUT2D eigenvalue weighted by Gasteiger charge is -2.33. The van der Waals surface area contributed by atoms with Crippen LogP contribution in [0.5, 0.6) is 0 Å². The summed E-state index contributed by atoms with van der Waals surface area (Å²) in [6.07, 6.45) is -0.736. The molecule has 5 nitrogen and oxygen atoms in total. The molecular weight excluding hydrogens is 535 g/mol. The zero-order chi connectivity index (χ0) is 26.7. The number of rotatable bonds is 9. The van der Waals surface area contributed by atoms with Gasteiger partial charge < -0.3 is 0 Å². The lowest BCUT2D eigenvalue weighted by molar-refractivity contribution is 0.0960. The molecule has 4 rings (SSSR count). The first-order chi connectivity index (χ1) is 17.6. The largest absolute Gasteiger partial charge is 0.324 e. The Morgan fingerprint density at radius 3 is 1.51 bits per heavy atom. The number of hydrogen-bond acceptors (Lipinski definition) is 5. The van der Waals surface area contributed by atoms with Gasteiger partial charge in [0.05, 0.1) is 15.7 Å². The second-order valence-corrected chi connectivity index (χ2v) is 13.2.